The number of rotatable bonds is 4. The molecular formula is C13H15NO2S2. The van der Waals surface area contributed by atoms with Crippen LogP contribution in [0.5, 0.6) is 0 Å². The summed E-state index contributed by atoms with van der Waals surface area (Å²) in [5.41, 5.74) is 1.83. The lowest BCUT2D eigenvalue weighted by Gasteiger charge is -2.09. The van der Waals surface area contributed by atoms with Crippen LogP contribution in [0.1, 0.15) is 16.0 Å². The average molecular weight is 281 g/mol. The Morgan fingerprint density at radius 2 is 2.00 bits per heavy atom. The van der Waals surface area contributed by atoms with Gasteiger partial charge < -0.3 is 0 Å². The highest BCUT2D eigenvalue weighted by atomic mass is 32.2. The van der Waals surface area contributed by atoms with Gasteiger partial charge in [0.15, 0.2) is 0 Å². The summed E-state index contributed by atoms with van der Waals surface area (Å²) >= 11 is 1.54. The number of thiophene rings is 1. The van der Waals surface area contributed by atoms with E-state index in [1.807, 2.05) is 43.5 Å². The quantitative estimate of drug-likeness (QED) is 0.936. The van der Waals surface area contributed by atoms with Crippen molar-refractivity contribution in [3.8, 4) is 0 Å². The molecule has 0 atom stereocenters. The lowest BCUT2D eigenvalue weighted by atomic mass is 10.2. The van der Waals surface area contributed by atoms with Crippen molar-refractivity contribution in [1.82, 2.24) is 4.72 Å². The lowest BCUT2D eigenvalue weighted by molar-refractivity contribution is 0.581. The summed E-state index contributed by atoms with van der Waals surface area (Å²) in [4.78, 5) is 1.35. The molecule has 2 aromatic rings. The van der Waals surface area contributed by atoms with Crippen LogP contribution in [-0.2, 0) is 16.6 Å². The van der Waals surface area contributed by atoms with Crippen LogP contribution in [-0.4, -0.2) is 8.42 Å². The maximum atomic E-state index is 12.2. The molecule has 0 aliphatic heterocycles. The Morgan fingerprint density at radius 1 is 1.22 bits per heavy atom. The molecule has 0 aliphatic carbocycles. The molecule has 1 N–H and O–H groups in total. The van der Waals surface area contributed by atoms with Crippen LogP contribution in [0, 0.1) is 13.8 Å². The van der Waals surface area contributed by atoms with Gasteiger partial charge in [0, 0.05) is 11.4 Å². The van der Waals surface area contributed by atoms with Crippen LogP contribution in [0.4, 0.5) is 0 Å². The summed E-state index contributed by atoms with van der Waals surface area (Å²) in [6, 6.07) is 9.16. The SMILES string of the molecule is Cc1ccc(S(=O)(=O)NCc2cccs2)c(C)c1. The molecule has 96 valence electrons. The van der Waals surface area contributed by atoms with E-state index in [0.717, 1.165) is 16.0 Å². The first kappa shape index (κ1) is 13.3. The van der Waals surface area contributed by atoms with Gasteiger partial charge in [-0.05, 0) is 36.9 Å². The second kappa shape index (κ2) is 5.22. The normalized spacial score (nSPS) is 11.7. The van der Waals surface area contributed by atoms with E-state index in [1.165, 1.54) is 11.3 Å². The second-order valence-corrected chi connectivity index (χ2v) is 6.94. The highest BCUT2D eigenvalue weighted by molar-refractivity contribution is 7.89. The molecule has 0 amide bonds. The molecule has 0 bridgehead atoms. The van der Waals surface area contributed by atoms with Gasteiger partial charge in [-0.1, -0.05) is 23.8 Å². The minimum absolute atomic E-state index is 0.341. The largest absolute Gasteiger partial charge is 0.241 e. The van der Waals surface area contributed by atoms with Gasteiger partial charge >= 0.3 is 0 Å². The Hall–Kier alpha value is -1.17. The van der Waals surface area contributed by atoms with Crippen LogP contribution in [0.3, 0.4) is 0 Å². The van der Waals surface area contributed by atoms with Crippen molar-refractivity contribution in [2.45, 2.75) is 25.3 Å². The van der Waals surface area contributed by atoms with E-state index in [9.17, 15) is 8.42 Å². The van der Waals surface area contributed by atoms with E-state index in [2.05, 4.69) is 4.72 Å². The average Bonchev–Trinajstić information content (AvgIpc) is 2.78. The van der Waals surface area contributed by atoms with Gasteiger partial charge in [-0.3, -0.25) is 0 Å². The summed E-state index contributed by atoms with van der Waals surface area (Å²) in [6.07, 6.45) is 0. The molecular weight excluding hydrogens is 266 g/mol. The smallest absolute Gasteiger partial charge is 0.207 e. The van der Waals surface area contributed by atoms with E-state index in [4.69, 9.17) is 0 Å². The van der Waals surface area contributed by atoms with Crippen LogP contribution in [0.2, 0.25) is 0 Å². The van der Waals surface area contributed by atoms with Gasteiger partial charge in [-0.25, -0.2) is 13.1 Å². The molecule has 5 heteroatoms. The number of sulfonamides is 1. The van der Waals surface area contributed by atoms with Gasteiger partial charge in [0.05, 0.1) is 4.90 Å². The van der Waals surface area contributed by atoms with Crippen LogP contribution in [0.15, 0.2) is 40.6 Å². The van der Waals surface area contributed by atoms with Gasteiger partial charge in [0.2, 0.25) is 10.0 Å². The summed E-state index contributed by atoms with van der Waals surface area (Å²) in [5, 5.41) is 1.93. The minimum atomic E-state index is -3.43. The molecule has 1 aromatic heterocycles. The molecule has 0 saturated heterocycles. The first-order valence-corrected chi connectivity index (χ1v) is 7.94. The van der Waals surface area contributed by atoms with Crippen molar-refractivity contribution in [3.63, 3.8) is 0 Å². The number of aryl methyl sites for hydroxylation is 2. The van der Waals surface area contributed by atoms with Crippen LogP contribution in [0.25, 0.3) is 0 Å². The molecule has 18 heavy (non-hydrogen) atoms. The zero-order chi connectivity index (χ0) is 13.2. The van der Waals surface area contributed by atoms with Crippen LogP contribution >= 0.6 is 11.3 Å². The maximum Gasteiger partial charge on any atom is 0.241 e. The molecule has 1 heterocycles. The van der Waals surface area contributed by atoms with Gasteiger partial charge in [0.25, 0.3) is 0 Å². The van der Waals surface area contributed by atoms with E-state index in [-0.39, 0.29) is 0 Å². The zero-order valence-electron chi connectivity index (χ0n) is 10.3. The summed E-state index contributed by atoms with van der Waals surface area (Å²) in [6.45, 7) is 4.10. The maximum absolute atomic E-state index is 12.2. The van der Waals surface area contributed by atoms with Crippen molar-refractivity contribution in [1.29, 1.82) is 0 Å². The molecule has 2 rings (SSSR count). The molecule has 0 saturated carbocycles. The van der Waals surface area contributed by atoms with E-state index < -0.39 is 10.0 Å². The second-order valence-electron chi connectivity index (χ2n) is 4.17. The predicted molar refractivity (Wildman–Crippen MR) is 74.3 cm³/mol. The first-order valence-electron chi connectivity index (χ1n) is 5.58. The van der Waals surface area contributed by atoms with E-state index in [0.29, 0.717) is 11.4 Å². The third-order valence-corrected chi connectivity index (χ3v) is 5.07. The Labute approximate surface area is 112 Å². The Kier molecular flexibility index (Phi) is 3.85. The van der Waals surface area contributed by atoms with Crippen molar-refractivity contribution < 1.29 is 8.42 Å². The summed E-state index contributed by atoms with van der Waals surface area (Å²) in [5.74, 6) is 0. The Morgan fingerprint density at radius 3 is 2.61 bits per heavy atom. The summed E-state index contributed by atoms with van der Waals surface area (Å²) in [7, 11) is -3.43. The van der Waals surface area contributed by atoms with E-state index >= 15 is 0 Å². The minimum Gasteiger partial charge on any atom is -0.207 e. The standard InChI is InChI=1S/C13H15NO2S2/c1-10-5-6-13(11(2)8-10)18(15,16)14-9-12-4-3-7-17-12/h3-8,14H,9H2,1-2H3. The first-order chi connectivity index (χ1) is 8.49. The van der Waals surface area contributed by atoms with Crippen LogP contribution < -0.4 is 4.72 Å². The van der Waals surface area contributed by atoms with E-state index in [1.54, 1.807) is 6.07 Å². The van der Waals surface area contributed by atoms with Gasteiger partial charge in [-0.2, -0.15) is 0 Å². The van der Waals surface area contributed by atoms with Crippen molar-refractivity contribution >= 4 is 21.4 Å². The number of hydrogen-bond acceptors (Lipinski definition) is 3. The van der Waals surface area contributed by atoms with Crippen molar-refractivity contribution in [2.75, 3.05) is 0 Å². The van der Waals surface area contributed by atoms with Crippen molar-refractivity contribution in [3.05, 3.63) is 51.7 Å². The number of hydrogen-bond donors (Lipinski definition) is 1. The third-order valence-electron chi connectivity index (χ3n) is 2.64. The lowest BCUT2D eigenvalue weighted by Crippen LogP contribution is -2.23. The van der Waals surface area contributed by atoms with Gasteiger partial charge in [0.1, 0.15) is 0 Å². The zero-order valence-corrected chi connectivity index (χ0v) is 11.9. The fourth-order valence-corrected chi connectivity index (χ4v) is 3.72. The highest BCUT2D eigenvalue weighted by Gasteiger charge is 2.16. The third kappa shape index (κ3) is 2.98. The predicted octanol–water partition coefficient (Wildman–Crippen LogP) is 2.84. The molecule has 0 radical (unpaired) electrons. The number of nitrogens with one attached hydrogen (secondary N) is 1. The number of benzene rings is 1. The summed E-state index contributed by atoms with van der Waals surface area (Å²) < 4.78 is 26.9. The monoisotopic (exact) mass is 281 g/mol. The Bertz CT molecular complexity index is 631. The molecule has 1 aromatic carbocycles. The molecule has 0 spiro atoms. The highest BCUT2D eigenvalue weighted by Crippen LogP contribution is 2.17. The fraction of sp³-hybridized carbons (Fsp3) is 0.231. The molecule has 0 fully saturated rings. The Balaban J connectivity index is 2.20. The fourth-order valence-electron chi connectivity index (χ4n) is 1.76. The molecule has 0 aliphatic rings. The molecule has 0 unspecified atom stereocenters. The topological polar surface area (TPSA) is 46.2 Å². The molecule has 3 nitrogen and oxygen atoms in total. The van der Waals surface area contributed by atoms with Crippen molar-refractivity contribution in [2.24, 2.45) is 0 Å². The van der Waals surface area contributed by atoms with Gasteiger partial charge in [-0.15, -0.1) is 11.3 Å².